The average molecular weight is 505 g/mol. The molecule has 30 heavy (non-hydrogen) atoms. The average Bonchev–Trinajstić information content (AvgIpc) is 2.75. The number of anilines is 1. The number of pyridine rings is 1. The zero-order valence-corrected chi connectivity index (χ0v) is 19.6. The first kappa shape index (κ1) is 21.5. The van der Waals surface area contributed by atoms with Crippen LogP contribution < -0.4 is 5.32 Å². The number of nitrogens with one attached hydrogen (secondary N) is 1. The zero-order valence-electron chi connectivity index (χ0n) is 16.5. The van der Waals surface area contributed by atoms with Crippen molar-refractivity contribution in [2.45, 2.75) is 24.6 Å². The van der Waals surface area contributed by atoms with Crippen molar-refractivity contribution in [3.05, 3.63) is 69.8 Å². The molecule has 1 N–H and O–H groups in total. The Kier molecular flexibility index (Phi) is 7.18. The third kappa shape index (κ3) is 5.10. The number of carbonyl (C=O) groups is 1. The lowest BCUT2D eigenvalue weighted by molar-refractivity contribution is -0.132. The number of rotatable bonds is 7. The molecule has 2 aromatic carbocycles. The molecule has 0 radical (unpaired) electrons. The van der Waals surface area contributed by atoms with E-state index in [4.69, 9.17) is 11.6 Å². The van der Waals surface area contributed by atoms with Gasteiger partial charge >= 0.3 is 0 Å². The summed E-state index contributed by atoms with van der Waals surface area (Å²) in [5.41, 5.74) is 3.14. The number of nitrogens with zero attached hydrogens (tertiary/aromatic N) is 2. The molecule has 7 heteroatoms. The molecular formula is C23H23BrClN3OS. The molecule has 1 aliphatic heterocycles. The van der Waals surface area contributed by atoms with Gasteiger partial charge in [0.05, 0.1) is 5.52 Å². The number of halogens is 2. The van der Waals surface area contributed by atoms with Gasteiger partial charge in [0, 0.05) is 52.0 Å². The fourth-order valence-electron chi connectivity index (χ4n) is 3.67. The molecule has 1 aliphatic rings. The quantitative estimate of drug-likeness (QED) is 0.373. The molecule has 3 aromatic rings. The van der Waals surface area contributed by atoms with Crippen LogP contribution in [-0.4, -0.2) is 34.6 Å². The molecule has 0 saturated carbocycles. The van der Waals surface area contributed by atoms with Crippen LogP contribution in [0.4, 0.5) is 5.69 Å². The lowest BCUT2D eigenvalue weighted by atomic mass is 10.1. The van der Waals surface area contributed by atoms with E-state index in [9.17, 15) is 4.79 Å². The van der Waals surface area contributed by atoms with Gasteiger partial charge in [-0.25, -0.2) is 0 Å². The number of amides is 1. The van der Waals surface area contributed by atoms with Gasteiger partial charge in [0.1, 0.15) is 5.37 Å². The first-order valence-electron chi connectivity index (χ1n) is 10.1. The van der Waals surface area contributed by atoms with Crippen LogP contribution in [0.3, 0.4) is 0 Å². The molecule has 0 aliphatic carbocycles. The number of hydrogen-bond donors (Lipinski definition) is 1. The summed E-state index contributed by atoms with van der Waals surface area (Å²) in [6.45, 7) is 1.63. The standard InChI is InChI=1S/C23H23BrClN3OS/c24-17-5-3-16(4-6-17)23-28(22(29)10-14-30-23)13-2-1-11-26-20-9-12-27-21-15-18(25)7-8-19(20)21/h3-9,12,15,23H,1-2,10-11,13-14H2,(H,26,27). The fraction of sp³-hybridized carbons (Fsp3) is 0.304. The van der Waals surface area contributed by atoms with Crippen LogP contribution in [-0.2, 0) is 4.79 Å². The van der Waals surface area contributed by atoms with Crippen LogP contribution in [0.2, 0.25) is 5.02 Å². The molecule has 1 amide bonds. The van der Waals surface area contributed by atoms with Crippen molar-refractivity contribution in [2.75, 3.05) is 24.2 Å². The topological polar surface area (TPSA) is 45.2 Å². The number of hydrogen-bond acceptors (Lipinski definition) is 4. The number of aromatic nitrogens is 1. The van der Waals surface area contributed by atoms with E-state index >= 15 is 0 Å². The minimum absolute atomic E-state index is 0.112. The number of carbonyl (C=O) groups excluding carboxylic acids is 1. The Bertz CT molecular complexity index is 1030. The summed E-state index contributed by atoms with van der Waals surface area (Å²) >= 11 is 11.4. The van der Waals surface area contributed by atoms with E-state index in [-0.39, 0.29) is 11.3 Å². The Hall–Kier alpha value is -1.76. The molecule has 156 valence electrons. The van der Waals surface area contributed by atoms with Gasteiger partial charge in [0.2, 0.25) is 5.91 Å². The highest BCUT2D eigenvalue weighted by Gasteiger charge is 2.29. The third-order valence-corrected chi connectivity index (χ3v) is 7.24. The largest absolute Gasteiger partial charge is 0.384 e. The first-order valence-corrected chi connectivity index (χ1v) is 12.3. The second-order valence-corrected chi connectivity index (χ2v) is 9.81. The van der Waals surface area contributed by atoms with Gasteiger partial charge in [0.25, 0.3) is 0 Å². The van der Waals surface area contributed by atoms with E-state index < -0.39 is 0 Å². The van der Waals surface area contributed by atoms with Gasteiger partial charge in [-0.1, -0.05) is 39.7 Å². The van der Waals surface area contributed by atoms with Crippen LogP contribution in [0.5, 0.6) is 0 Å². The highest BCUT2D eigenvalue weighted by molar-refractivity contribution is 9.10. The molecule has 0 spiro atoms. The van der Waals surface area contributed by atoms with E-state index in [1.165, 1.54) is 5.56 Å². The number of benzene rings is 2. The van der Waals surface area contributed by atoms with E-state index in [1.807, 2.05) is 53.1 Å². The van der Waals surface area contributed by atoms with E-state index in [0.717, 1.165) is 52.7 Å². The molecule has 4 rings (SSSR count). The molecule has 1 saturated heterocycles. The number of unbranched alkanes of at least 4 members (excludes halogenated alkanes) is 1. The lowest BCUT2D eigenvalue weighted by Crippen LogP contribution is -2.38. The summed E-state index contributed by atoms with van der Waals surface area (Å²) in [7, 11) is 0. The van der Waals surface area contributed by atoms with Crippen LogP contribution in [0.1, 0.15) is 30.2 Å². The predicted octanol–water partition coefficient (Wildman–Crippen LogP) is 6.51. The second-order valence-electron chi connectivity index (χ2n) is 7.27. The Morgan fingerprint density at radius 1 is 1.17 bits per heavy atom. The van der Waals surface area contributed by atoms with Crippen LogP contribution in [0.15, 0.2) is 59.2 Å². The highest BCUT2D eigenvalue weighted by Crippen LogP contribution is 2.37. The summed E-state index contributed by atoms with van der Waals surface area (Å²) in [5, 5.41) is 5.38. The van der Waals surface area contributed by atoms with Gasteiger partial charge in [-0.2, -0.15) is 0 Å². The molecule has 0 bridgehead atoms. The maximum Gasteiger partial charge on any atom is 0.224 e. The van der Waals surface area contributed by atoms with Crippen molar-refractivity contribution in [1.82, 2.24) is 9.88 Å². The second kappa shape index (κ2) is 10.0. The Labute approximate surface area is 194 Å². The van der Waals surface area contributed by atoms with Gasteiger partial charge in [-0.3, -0.25) is 9.78 Å². The van der Waals surface area contributed by atoms with Gasteiger partial charge in [-0.05, 0) is 54.8 Å². The summed E-state index contributed by atoms with van der Waals surface area (Å²) in [6.07, 6.45) is 4.37. The van der Waals surface area contributed by atoms with Crippen molar-refractivity contribution in [3.8, 4) is 0 Å². The monoisotopic (exact) mass is 503 g/mol. The summed E-state index contributed by atoms with van der Waals surface area (Å²) in [6, 6.07) is 16.1. The zero-order chi connectivity index (χ0) is 20.9. The van der Waals surface area contributed by atoms with Crippen LogP contribution in [0, 0.1) is 0 Å². The Balaban J connectivity index is 1.33. The SMILES string of the molecule is O=C1CCSC(c2ccc(Br)cc2)N1CCCCNc1ccnc2cc(Cl)ccc12. The van der Waals surface area contributed by atoms with Crippen molar-refractivity contribution in [2.24, 2.45) is 0 Å². The summed E-state index contributed by atoms with van der Waals surface area (Å²) < 4.78 is 1.06. The molecule has 1 fully saturated rings. The van der Waals surface area contributed by atoms with Gasteiger partial charge in [-0.15, -0.1) is 11.8 Å². The Morgan fingerprint density at radius 2 is 2.00 bits per heavy atom. The molecule has 1 atom stereocenters. The molecule has 4 nitrogen and oxygen atoms in total. The van der Waals surface area contributed by atoms with E-state index in [1.54, 1.807) is 6.20 Å². The first-order chi connectivity index (χ1) is 14.6. The maximum absolute atomic E-state index is 12.6. The van der Waals surface area contributed by atoms with Crippen LogP contribution >= 0.6 is 39.3 Å². The molecule has 2 heterocycles. The minimum Gasteiger partial charge on any atom is -0.384 e. The number of fused-ring (bicyclic) bond motifs is 1. The molecular weight excluding hydrogens is 482 g/mol. The van der Waals surface area contributed by atoms with Gasteiger partial charge < -0.3 is 10.2 Å². The molecule has 1 aromatic heterocycles. The normalized spacial score (nSPS) is 16.8. The molecule has 1 unspecified atom stereocenters. The maximum atomic E-state index is 12.6. The van der Waals surface area contributed by atoms with Crippen LogP contribution in [0.25, 0.3) is 10.9 Å². The fourth-order valence-corrected chi connectivity index (χ4v) is 5.37. The van der Waals surface area contributed by atoms with E-state index in [0.29, 0.717) is 11.4 Å². The van der Waals surface area contributed by atoms with Crippen molar-refractivity contribution in [1.29, 1.82) is 0 Å². The van der Waals surface area contributed by atoms with Gasteiger partial charge in [0.15, 0.2) is 0 Å². The number of thioether (sulfide) groups is 1. The third-order valence-electron chi connectivity index (χ3n) is 5.20. The van der Waals surface area contributed by atoms with Crippen molar-refractivity contribution < 1.29 is 4.79 Å². The highest BCUT2D eigenvalue weighted by atomic mass is 79.9. The summed E-state index contributed by atoms with van der Waals surface area (Å²) in [5.74, 6) is 1.14. The smallest absolute Gasteiger partial charge is 0.224 e. The minimum atomic E-state index is 0.112. The summed E-state index contributed by atoms with van der Waals surface area (Å²) in [4.78, 5) is 19.0. The van der Waals surface area contributed by atoms with Crippen molar-refractivity contribution >= 4 is 61.8 Å². The Morgan fingerprint density at radius 3 is 2.83 bits per heavy atom. The van der Waals surface area contributed by atoms with E-state index in [2.05, 4.69) is 38.4 Å². The predicted molar refractivity (Wildman–Crippen MR) is 130 cm³/mol. The van der Waals surface area contributed by atoms with Crippen molar-refractivity contribution in [3.63, 3.8) is 0 Å². The lowest BCUT2D eigenvalue weighted by Gasteiger charge is -2.35.